The topological polar surface area (TPSA) is 75.2 Å². The summed E-state index contributed by atoms with van der Waals surface area (Å²) in [5.74, 6) is 1.35. The van der Waals surface area contributed by atoms with Gasteiger partial charge in [-0.3, -0.25) is 0 Å². The van der Waals surface area contributed by atoms with Gasteiger partial charge in [-0.25, -0.2) is 4.98 Å². The second-order valence-corrected chi connectivity index (χ2v) is 4.91. The Morgan fingerprint density at radius 1 is 1.16 bits per heavy atom. The minimum Gasteiger partial charge on any atom is -0.378 e. The molecule has 2 aliphatic heterocycles. The van der Waals surface area contributed by atoms with Gasteiger partial charge in [0.25, 0.3) is 0 Å². The average Bonchev–Trinajstić information content (AvgIpc) is 2.48. The highest BCUT2D eigenvalue weighted by atomic mass is 35.5. The summed E-state index contributed by atoms with van der Waals surface area (Å²) in [7, 11) is 0. The van der Waals surface area contributed by atoms with Crippen LogP contribution < -0.4 is 15.5 Å². The van der Waals surface area contributed by atoms with Crippen LogP contribution in [0.2, 0.25) is 5.28 Å². The van der Waals surface area contributed by atoms with E-state index in [1.165, 1.54) is 0 Å². The van der Waals surface area contributed by atoms with Gasteiger partial charge in [0.1, 0.15) is 0 Å². The van der Waals surface area contributed by atoms with Gasteiger partial charge in [0.2, 0.25) is 11.2 Å². The van der Waals surface area contributed by atoms with Crippen molar-refractivity contribution in [2.75, 3.05) is 50.8 Å². The maximum Gasteiger partial charge on any atom is 0.230 e. The molecule has 1 aromatic heterocycles. The fourth-order valence-electron chi connectivity index (χ4n) is 2.25. The lowest BCUT2D eigenvalue weighted by atomic mass is 10.2. The third kappa shape index (κ3) is 3.11. The molecule has 0 radical (unpaired) electrons. The van der Waals surface area contributed by atoms with Crippen LogP contribution in [0.5, 0.6) is 0 Å². The average molecular weight is 285 g/mol. The molecule has 1 aromatic rings. The number of ether oxygens (including phenoxy) is 1. The van der Waals surface area contributed by atoms with Crippen molar-refractivity contribution in [1.82, 2.24) is 25.6 Å². The zero-order valence-electron chi connectivity index (χ0n) is 10.6. The predicted molar refractivity (Wildman–Crippen MR) is 71.5 cm³/mol. The Kier molecular flexibility index (Phi) is 4.07. The van der Waals surface area contributed by atoms with Gasteiger partial charge in [0.05, 0.1) is 19.3 Å². The lowest BCUT2D eigenvalue weighted by Gasteiger charge is -2.28. The van der Waals surface area contributed by atoms with Gasteiger partial charge in [0.15, 0.2) is 5.82 Å². The van der Waals surface area contributed by atoms with Crippen LogP contribution in [0.3, 0.4) is 0 Å². The van der Waals surface area contributed by atoms with E-state index in [0.717, 1.165) is 32.7 Å². The molecule has 2 aliphatic rings. The summed E-state index contributed by atoms with van der Waals surface area (Å²) in [5, 5.41) is 6.94. The van der Waals surface area contributed by atoms with Crippen LogP contribution in [0.15, 0.2) is 0 Å². The molecule has 2 saturated heterocycles. The largest absolute Gasteiger partial charge is 0.378 e. The fraction of sp³-hybridized carbons (Fsp3) is 0.727. The molecule has 0 bridgehead atoms. The van der Waals surface area contributed by atoms with Crippen molar-refractivity contribution in [3.8, 4) is 0 Å². The summed E-state index contributed by atoms with van der Waals surface area (Å²) in [6.07, 6.45) is 0. The highest BCUT2D eigenvalue weighted by Crippen LogP contribution is 2.17. The molecule has 0 amide bonds. The molecular weight excluding hydrogens is 268 g/mol. The highest BCUT2D eigenvalue weighted by molar-refractivity contribution is 6.28. The Bertz CT molecular complexity index is 397. The molecule has 1 atom stereocenters. The van der Waals surface area contributed by atoms with Gasteiger partial charge < -0.3 is 20.3 Å². The molecule has 2 N–H and O–H groups in total. The first-order chi connectivity index (χ1) is 9.33. The van der Waals surface area contributed by atoms with E-state index in [-0.39, 0.29) is 11.3 Å². The third-order valence-corrected chi connectivity index (χ3v) is 3.43. The lowest BCUT2D eigenvalue weighted by molar-refractivity contribution is 0.122. The van der Waals surface area contributed by atoms with Gasteiger partial charge in [-0.2, -0.15) is 9.97 Å². The molecule has 104 valence electrons. The van der Waals surface area contributed by atoms with Crippen LogP contribution in [-0.4, -0.2) is 60.9 Å². The number of morpholine rings is 1. The Labute approximate surface area is 116 Å². The van der Waals surface area contributed by atoms with E-state index < -0.39 is 0 Å². The number of rotatable bonds is 2. The van der Waals surface area contributed by atoms with E-state index in [4.69, 9.17) is 16.3 Å². The van der Waals surface area contributed by atoms with Crippen molar-refractivity contribution in [2.24, 2.45) is 0 Å². The molecule has 0 aliphatic carbocycles. The van der Waals surface area contributed by atoms with Gasteiger partial charge in [0, 0.05) is 32.7 Å². The smallest absolute Gasteiger partial charge is 0.230 e. The monoisotopic (exact) mass is 284 g/mol. The zero-order valence-corrected chi connectivity index (χ0v) is 11.4. The first-order valence-corrected chi connectivity index (χ1v) is 6.89. The normalized spacial score (nSPS) is 24.5. The Morgan fingerprint density at radius 3 is 2.74 bits per heavy atom. The van der Waals surface area contributed by atoms with E-state index in [1.807, 2.05) is 0 Å². The van der Waals surface area contributed by atoms with Crippen LogP contribution >= 0.6 is 11.6 Å². The van der Waals surface area contributed by atoms with Crippen LogP contribution in [0.4, 0.5) is 5.95 Å². The van der Waals surface area contributed by atoms with Crippen molar-refractivity contribution >= 4 is 17.5 Å². The van der Waals surface area contributed by atoms with E-state index in [1.54, 1.807) is 0 Å². The molecule has 1 unspecified atom stereocenters. The van der Waals surface area contributed by atoms with Crippen LogP contribution in [0.25, 0.3) is 0 Å². The number of hydrogen-bond donors (Lipinski definition) is 2. The number of anilines is 1. The van der Waals surface area contributed by atoms with Crippen molar-refractivity contribution in [3.63, 3.8) is 0 Å². The number of hydrogen-bond acceptors (Lipinski definition) is 7. The maximum absolute atomic E-state index is 6.02. The van der Waals surface area contributed by atoms with Gasteiger partial charge in [-0.05, 0) is 11.6 Å². The maximum atomic E-state index is 6.02. The molecule has 8 heteroatoms. The third-order valence-electron chi connectivity index (χ3n) is 3.26. The second-order valence-electron chi connectivity index (χ2n) is 4.57. The molecule has 0 saturated carbocycles. The molecular formula is C11H17ClN6O. The fourth-order valence-corrected chi connectivity index (χ4v) is 2.41. The van der Waals surface area contributed by atoms with Crippen LogP contribution in [0, 0.1) is 0 Å². The van der Waals surface area contributed by atoms with Crippen molar-refractivity contribution in [2.45, 2.75) is 6.04 Å². The number of piperazine rings is 1. The van der Waals surface area contributed by atoms with E-state index in [9.17, 15) is 0 Å². The Balaban J connectivity index is 1.82. The van der Waals surface area contributed by atoms with Gasteiger partial charge in [-0.1, -0.05) is 0 Å². The number of nitrogens with zero attached hydrogens (tertiary/aromatic N) is 4. The van der Waals surface area contributed by atoms with Gasteiger partial charge in [-0.15, -0.1) is 0 Å². The summed E-state index contributed by atoms with van der Waals surface area (Å²) in [4.78, 5) is 15.1. The molecule has 0 spiro atoms. The summed E-state index contributed by atoms with van der Waals surface area (Å²) in [6, 6.07) is 0.0917. The zero-order chi connectivity index (χ0) is 13.1. The summed E-state index contributed by atoms with van der Waals surface area (Å²) in [5.41, 5.74) is 0. The van der Waals surface area contributed by atoms with E-state index in [0.29, 0.717) is 25.0 Å². The quantitative estimate of drug-likeness (QED) is 0.765. The molecule has 3 heterocycles. The Hall–Kier alpha value is -1.02. The SMILES string of the molecule is Clc1nc(C2CNCCN2)nc(N2CCOCC2)n1. The summed E-state index contributed by atoms with van der Waals surface area (Å²) in [6.45, 7) is 5.64. The second kappa shape index (κ2) is 5.96. The highest BCUT2D eigenvalue weighted by Gasteiger charge is 2.21. The van der Waals surface area contributed by atoms with Crippen LogP contribution in [-0.2, 0) is 4.74 Å². The summed E-state index contributed by atoms with van der Waals surface area (Å²) >= 11 is 6.02. The molecule has 7 nitrogen and oxygen atoms in total. The van der Waals surface area contributed by atoms with Crippen molar-refractivity contribution in [1.29, 1.82) is 0 Å². The van der Waals surface area contributed by atoms with Gasteiger partial charge >= 0.3 is 0 Å². The minimum atomic E-state index is 0.0917. The molecule has 19 heavy (non-hydrogen) atoms. The predicted octanol–water partition coefficient (Wildman–Crippen LogP) is -0.404. The number of nitrogens with one attached hydrogen (secondary N) is 2. The van der Waals surface area contributed by atoms with Crippen molar-refractivity contribution in [3.05, 3.63) is 11.1 Å². The first-order valence-electron chi connectivity index (χ1n) is 6.51. The molecule has 0 aromatic carbocycles. The first kappa shape index (κ1) is 13.0. The Morgan fingerprint density at radius 2 is 2.00 bits per heavy atom. The molecule has 3 rings (SSSR count). The van der Waals surface area contributed by atoms with E-state index >= 15 is 0 Å². The lowest BCUT2D eigenvalue weighted by Crippen LogP contribution is -2.44. The number of halogens is 1. The number of aromatic nitrogens is 3. The minimum absolute atomic E-state index is 0.0917. The summed E-state index contributed by atoms with van der Waals surface area (Å²) < 4.78 is 5.33. The standard InChI is InChI=1S/C11H17ClN6O/c12-10-15-9(8-7-13-1-2-14-8)16-11(17-10)18-3-5-19-6-4-18/h8,13-14H,1-7H2. The van der Waals surface area contributed by atoms with E-state index in [2.05, 4.69) is 30.5 Å². The van der Waals surface area contributed by atoms with Crippen LogP contribution in [0.1, 0.15) is 11.9 Å². The molecule has 2 fully saturated rings. The van der Waals surface area contributed by atoms with Crippen molar-refractivity contribution < 1.29 is 4.74 Å².